The van der Waals surface area contributed by atoms with Crippen LogP contribution in [0.25, 0.3) is 0 Å². The second kappa shape index (κ2) is 5.41. The third-order valence-electron chi connectivity index (χ3n) is 3.85. The van der Waals surface area contributed by atoms with E-state index in [1.807, 2.05) is 44.2 Å². The molecule has 1 amide bonds. The number of ether oxygens (including phenoxy) is 1. The molecule has 0 aromatic heterocycles. The second-order valence-electron chi connectivity index (χ2n) is 5.30. The number of nitrogens with one attached hydrogen (secondary N) is 1. The van der Waals surface area contributed by atoms with Gasteiger partial charge in [-0.2, -0.15) is 0 Å². The molecule has 3 rings (SSSR count). The number of fused-ring (bicyclic) bond motifs is 1. The van der Waals surface area contributed by atoms with Crippen molar-refractivity contribution in [2.45, 2.75) is 26.4 Å². The SMILES string of the molecule is Cc1cccc(NC(=O)C2Cc3cc(Cl)ccc3O2)c1C. The van der Waals surface area contributed by atoms with Crippen LogP contribution in [0.5, 0.6) is 5.75 Å². The van der Waals surface area contributed by atoms with Crippen LogP contribution >= 0.6 is 11.6 Å². The van der Waals surface area contributed by atoms with Gasteiger partial charge in [0.2, 0.25) is 0 Å². The van der Waals surface area contributed by atoms with Gasteiger partial charge in [-0.25, -0.2) is 0 Å². The summed E-state index contributed by atoms with van der Waals surface area (Å²) in [7, 11) is 0. The number of benzene rings is 2. The minimum absolute atomic E-state index is 0.129. The number of rotatable bonds is 2. The summed E-state index contributed by atoms with van der Waals surface area (Å²) in [6, 6.07) is 11.3. The highest BCUT2D eigenvalue weighted by Gasteiger charge is 2.29. The van der Waals surface area contributed by atoms with E-state index in [4.69, 9.17) is 16.3 Å². The number of amides is 1. The number of hydrogen-bond acceptors (Lipinski definition) is 2. The van der Waals surface area contributed by atoms with Gasteiger partial charge in [-0.3, -0.25) is 4.79 Å². The van der Waals surface area contributed by atoms with E-state index < -0.39 is 6.10 Å². The Kier molecular flexibility index (Phi) is 3.60. The zero-order valence-electron chi connectivity index (χ0n) is 11.9. The first-order valence-electron chi connectivity index (χ1n) is 6.87. The molecule has 0 bridgehead atoms. The van der Waals surface area contributed by atoms with Gasteiger partial charge in [-0.1, -0.05) is 23.7 Å². The number of aryl methyl sites for hydroxylation is 1. The molecule has 1 aliphatic rings. The van der Waals surface area contributed by atoms with E-state index in [1.165, 1.54) is 0 Å². The van der Waals surface area contributed by atoms with Gasteiger partial charge in [0, 0.05) is 17.1 Å². The van der Waals surface area contributed by atoms with E-state index in [1.54, 1.807) is 6.07 Å². The number of anilines is 1. The molecule has 2 aromatic carbocycles. The number of hydrogen-bond donors (Lipinski definition) is 1. The van der Waals surface area contributed by atoms with Crippen molar-refractivity contribution in [1.29, 1.82) is 0 Å². The smallest absolute Gasteiger partial charge is 0.265 e. The minimum Gasteiger partial charge on any atom is -0.480 e. The summed E-state index contributed by atoms with van der Waals surface area (Å²) in [5.41, 5.74) is 4.03. The monoisotopic (exact) mass is 301 g/mol. The molecule has 1 unspecified atom stereocenters. The van der Waals surface area contributed by atoms with E-state index in [-0.39, 0.29) is 5.91 Å². The summed E-state index contributed by atoms with van der Waals surface area (Å²) in [6.45, 7) is 4.02. The van der Waals surface area contributed by atoms with Crippen molar-refractivity contribution in [1.82, 2.24) is 0 Å². The molecular formula is C17H16ClNO2. The number of halogens is 1. The lowest BCUT2D eigenvalue weighted by Crippen LogP contribution is -2.31. The summed E-state index contributed by atoms with van der Waals surface area (Å²) in [4.78, 5) is 12.4. The van der Waals surface area contributed by atoms with Crippen LogP contribution in [0.2, 0.25) is 5.02 Å². The molecule has 0 aliphatic carbocycles. The normalized spacial score (nSPS) is 16.2. The van der Waals surface area contributed by atoms with Crippen LogP contribution in [0.1, 0.15) is 16.7 Å². The molecule has 0 fully saturated rings. The molecule has 1 N–H and O–H groups in total. The van der Waals surface area contributed by atoms with E-state index in [0.29, 0.717) is 11.4 Å². The molecule has 1 atom stereocenters. The van der Waals surface area contributed by atoms with Gasteiger partial charge in [0.25, 0.3) is 5.91 Å². The van der Waals surface area contributed by atoms with Crippen molar-refractivity contribution in [3.63, 3.8) is 0 Å². The maximum Gasteiger partial charge on any atom is 0.265 e. The van der Waals surface area contributed by atoms with Crippen LogP contribution in [-0.2, 0) is 11.2 Å². The Labute approximate surface area is 128 Å². The molecule has 3 nitrogen and oxygen atoms in total. The van der Waals surface area contributed by atoms with Crippen molar-refractivity contribution >= 4 is 23.2 Å². The Balaban J connectivity index is 1.75. The predicted octanol–water partition coefficient (Wildman–Crippen LogP) is 3.90. The van der Waals surface area contributed by atoms with Crippen LogP contribution in [0, 0.1) is 13.8 Å². The summed E-state index contributed by atoms with van der Waals surface area (Å²) < 4.78 is 5.70. The van der Waals surface area contributed by atoms with Gasteiger partial charge >= 0.3 is 0 Å². The van der Waals surface area contributed by atoms with Crippen molar-refractivity contribution < 1.29 is 9.53 Å². The van der Waals surface area contributed by atoms with E-state index in [9.17, 15) is 4.79 Å². The van der Waals surface area contributed by atoms with Crippen molar-refractivity contribution in [2.24, 2.45) is 0 Å². The fourth-order valence-corrected chi connectivity index (χ4v) is 2.66. The maximum absolute atomic E-state index is 12.4. The molecule has 0 radical (unpaired) electrons. The van der Waals surface area contributed by atoms with Crippen LogP contribution in [0.15, 0.2) is 36.4 Å². The second-order valence-corrected chi connectivity index (χ2v) is 5.74. The molecule has 21 heavy (non-hydrogen) atoms. The molecule has 108 valence electrons. The van der Waals surface area contributed by atoms with Gasteiger partial charge in [0.15, 0.2) is 6.10 Å². The van der Waals surface area contributed by atoms with Crippen LogP contribution in [0.4, 0.5) is 5.69 Å². The predicted molar refractivity (Wildman–Crippen MR) is 84.1 cm³/mol. The number of carbonyl (C=O) groups excluding carboxylic acids is 1. The zero-order valence-corrected chi connectivity index (χ0v) is 12.7. The Morgan fingerprint density at radius 1 is 1.29 bits per heavy atom. The maximum atomic E-state index is 12.4. The minimum atomic E-state index is -0.502. The lowest BCUT2D eigenvalue weighted by molar-refractivity contribution is -0.122. The third kappa shape index (κ3) is 2.74. The molecule has 0 saturated heterocycles. The summed E-state index contributed by atoms with van der Waals surface area (Å²) in [5.74, 6) is 0.608. The highest BCUT2D eigenvalue weighted by Crippen LogP contribution is 2.31. The topological polar surface area (TPSA) is 38.3 Å². The molecule has 2 aromatic rings. The zero-order chi connectivity index (χ0) is 15.0. The Morgan fingerprint density at radius 2 is 2.10 bits per heavy atom. The average Bonchev–Trinajstić information content (AvgIpc) is 2.87. The first-order valence-corrected chi connectivity index (χ1v) is 7.24. The fraction of sp³-hybridized carbons (Fsp3) is 0.235. The van der Waals surface area contributed by atoms with E-state index in [0.717, 1.165) is 28.1 Å². The van der Waals surface area contributed by atoms with E-state index >= 15 is 0 Å². The first-order chi connectivity index (χ1) is 10.0. The Morgan fingerprint density at radius 3 is 2.90 bits per heavy atom. The molecule has 0 spiro atoms. The third-order valence-corrected chi connectivity index (χ3v) is 4.09. The molecule has 4 heteroatoms. The van der Waals surface area contributed by atoms with E-state index in [2.05, 4.69) is 5.32 Å². The average molecular weight is 302 g/mol. The van der Waals surface area contributed by atoms with Gasteiger partial charge in [0.1, 0.15) is 5.75 Å². The lowest BCUT2D eigenvalue weighted by Gasteiger charge is -2.14. The summed E-state index contributed by atoms with van der Waals surface area (Å²) in [5, 5.41) is 3.61. The van der Waals surface area contributed by atoms with Gasteiger partial charge in [-0.15, -0.1) is 0 Å². The van der Waals surface area contributed by atoms with Gasteiger partial charge < -0.3 is 10.1 Å². The first kappa shape index (κ1) is 14.0. The van der Waals surface area contributed by atoms with Gasteiger partial charge in [-0.05, 0) is 54.8 Å². The van der Waals surface area contributed by atoms with Crippen LogP contribution < -0.4 is 10.1 Å². The molecule has 0 saturated carbocycles. The highest BCUT2D eigenvalue weighted by atomic mass is 35.5. The van der Waals surface area contributed by atoms with Crippen molar-refractivity contribution in [2.75, 3.05) is 5.32 Å². The number of carbonyl (C=O) groups is 1. The molecular weight excluding hydrogens is 286 g/mol. The Hall–Kier alpha value is -2.00. The van der Waals surface area contributed by atoms with Crippen LogP contribution in [-0.4, -0.2) is 12.0 Å². The summed E-state index contributed by atoms with van der Waals surface area (Å²) >= 11 is 5.96. The van der Waals surface area contributed by atoms with Crippen molar-refractivity contribution in [3.8, 4) is 5.75 Å². The Bertz CT molecular complexity index is 712. The van der Waals surface area contributed by atoms with Crippen LogP contribution in [0.3, 0.4) is 0 Å². The molecule has 1 heterocycles. The quantitative estimate of drug-likeness (QED) is 0.913. The fourth-order valence-electron chi connectivity index (χ4n) is 2.46. The standard InChI is InChI=1S/C17H16ClNO2/c1-10-4-3-5-14(11(10)2)19-17(20)16-9-12-8-13(18)6-7-15(12)21-16/h3-8,16H,9H2,1-2H3,(H,19,20). The highest BCUT2D eigenvalue weighted by molar-refractivity contribution is 6.30. The van der Waals surface area contributed by atoms with Crippen molar-refractivity contribution in [3.05, 3.63) is 58.1 Å². The summed E-state index contributed by atoms with van der Waals surface area (Å²) in [6.07, 6.45) is 0.0467. The molecule has 1 aliphatic heterocycles. The largest absolute Gasteiger partial charge is 0.480 e. The van der Waals surface area contributed by atoms with Gasteiger partial charge in [0.05, 0.1) is 0 Å². The lowest BCUT2D eigenvalue weighted by atomic mass is 10.1.